The highest BCUT2D eigenvalue weighted by atomic mass is 19.1. The number of nitrogens with one attached hydrogen (secondary N) is 1. The van der Waals surface area contributed by atoms with E-state index in [0.29, 0.717) is 36.2 Å². The Morgan fingerprint density at radius 3 is 2.58 bits per heavy atom. The lowest BCUT2D eigenvalue weighted by molar-refractivity contribution is 0.355. The van der Waals surface area contributed by atoms with Crippen molar-refractivity contribution in [3.05, 3.63) is 48.3 Å². The van der Waals surface area contributed by atoms with Gasteiger partial charge in [-0.15, -0.1) is 0 Å². The summed E-state index contributed by atoms with van der Waals surface area (Å²) in [5, 5.41) is 3.02. The number of benzene rings is 2. The third kappa shape index (κ3) is 5.27. The molecule has 0 radical (unpaired) electrons. The molecule has 7 heteroatoms. The van der Waals surface area contributed by atoms with Gasteiger partial charge in [0.2, 0.25) is 0 Å². The van der Waals surface area contributed by atoms with Gasteiger partial charge >= 0.3 is 0 Å². The van der Waals surface area contributed by atoms with Gasteiger partial charge in [-0.2, -0.15) is 0 Å². The van der Waals surface area contributed by atoms with Crippen LogP contribution in [-0.4, -0.2) is 40.3 Å². The minimum Gasteiger partial charge on any atom is -0.493 e. The molecule has 0 aromatic heterocycles. The van der Waals surface area contributed by atoms with Crippen LogP contribution < -0.4 is 25.4 Å². The van der Waals surface area contributed by atoms with Crippen molar-refractivity contribution < 1.29 is 13.9 Å². The van der Waals surface area contributed by atoms with Crippen molar-refractivity contribution in [3.63, 3.8) is 0 Å². The fourth-order valence-electron chi connectivity index (χ4n) is 2.49. The third-order valence-electron chi connectivity index (χ3n) is 3.85. The first-order chi connectivity index (χ1) is 12.5. The standard InChI is InChI=1S/C19H25FN4O2/c1-24(16-8-5-4-7-15(16)20)12-6-11-22-19(21)23-14-9-10-17(25-2)18(13-14)26-3/h4-5,7-10,13H,6,11-12H2,1-3H3,(H3,21,22,23). The smallest absolute Gasteiger partial charge is 0.193 e. The molecule has 0 aliphatic rings. The van der Waals surface area contributed by atoms with E-state index in [0.717, 1.165) is 12.1 Å². The van der Waals surface area contributed by atoms with Crippen LogP contribution >= 0.6 is 0 Å². The fraction of sp³-hybridized carbons (Fsp3) is 0.316. The average Bonchev–Trinajstić information content (AvgIpc) is 2.65. The summed E-state index contributed by atoms with van der Waals surface area (Å²) in [4.78, 5) is 6.16. The largest absolute Gasteiger partial charge is 0.493 e. The van der Waals surface area contributed by atoms with E-state index in [2.05, 4.69) is 10.3 Å². The summed E-state index contributed by atoms with van der Waals surface area (Å²) < 4.78 is 24.2. The van der Waals surface area contributed by atoms with Crippen LogP contribution in [0.15, 0.2) is 47.5 Å². The molecule has 140 valence electrons. The maximum absolute atomic E-state index is 13.7. The number of anilines is 2. The topological polar surface area (TPSA) is 72.1 Å². The van der Waals surface area contributed by atoms with E-state index in [9.17, 15) is 4.39 Å². The van der Waals surface area contributed by atoms with Crippen LogP contribution in [0.4, 0.5) is 15.8 Å². The quantitative estimate of drug-likeness (QED) is 0.430. The summed E-state index contributed by atoms with van der Waals surface area (Å²) in [6.45, 7) is 1.21. The second kappa shape index (κ2) is 9.50. The Morgan fingerprint density at radius 2 is 1.88 bits per heavy atom. The van der Waals surface area contributed by atoms with Crippen molar-refractivity contribution in [3.8, 4) is 11.5 Å². The molecule has 0 fully saturated rings. The maximum Gasteiger partial charge on any atom is 0.193 e. The molecule has 0 aliphatic carbocycles. The van der Waals surface area contributed by atoms with E-state index in [4.69, 9.17) is 15.2 Å². The lowest BCUT2D eigenvalue weighted by atomic mass is 10.2. The third-order valence-corrected chi connectivity index (χ3v) is 3.85. The number of hydrogen-bond donors (Lipinski definition) is 2. The van der Waals surface area contributed by atoms with Gasteiger partial charge in [0.05, 0.1) is 19.9 Å². The lowest BCUT2D eigenvalue weighted by Crippen LogP contribution is -2.24. The fourth-order valence-corrected chi connectivity index (χ4v) is 2.49. The highest BCUT2D eigenvalue weighted by Gasteiger charge is 2.06. The number of rotatable bonds is 8. The summed E-state index contributed by atoms with van der Waals surface area (Å²) >= 11 is 0. The second-order valence-corrected chi connectivity index (χ2v) is 5.69. The van der Waals surface area contributed by atoms with E-state index < -0.39 is 0 Å². The molecule has 0 unspecified atom stereocenters. The molecule has 26 heavy (non-hydrogen) atoms. The summed E-state index contributed by atoms with van der Waals surface area (Å²) in [7, 11) is 5.01. The molecular formula is C19H25FN4O2. The molecule has 2 rings (SSSR count). The number of para-hydroxylation sites is 1. The van der Waals surface area contributed by atoms with Crippen molar-refractivity contribution >= 4 is 17.3 Å². The predicted molar refractivity (Wildman–Crippen MR) is 104 cm³/mol. The van der Waals surface area contributed by atoms with Crippen molar-refractivity contribution in [2.45, 2.75) is 6.42 Å². The molecule has 0 aliphatic heterocycles. The van der Waals surface area contributed by atoms with Gasteiger partial charge < -0.3 is 25.4 Å². The van der Waals surface area contributed by atoms with E-state index in [-0.39, 0.29) is 5.82 Å². The predicted octanol–water partition coefficient (Wildman–Crippen LogP) is 3.10. The minimum absolute atomic E-state index is 0.229. The molecule has 0 amide bonds. The summed E-state index contributed by atoms with van der Waals surface area (Å²) in [6.07, 6.45) is 0.749. The van der Waals surface area contributed by atoms with Gasteiger partial charge in [-0.3, -0.25) is 4.99 Å². The Hall–Kier alpha value is -2.96. The van der Waals surface area contributed by atoms with Gasteiger partial charge in [0.1, 0.15) is 5.82 Å². The van der Waals surface area contributed by atoms with Gasteiger partial charge in [-0.1, -0.05) is 12.1 Å². The number of guanidine groups is 1. The zero-order valence-corrected chi connectivity index (χ0v) is 15.3. The summed E-state index contributed by atoms with van der Waals surface area (Å²) in [6, 6.07) is 12.1. The molecule has 0 heterocycles. The Balaban J connectivity index is 1.84. The number of nitrogens with zero attached hydrogens (tertiary/aromatic N) is 2. The number of methoxy groups -OCH3 is 2. The number of hydrogen-bond acceptors (Lipinski definition) is 4. The van der Waals surface area contributed by atoms with Crippen molar-refractivity contribution in [2.24, 2.45) is 10.7 Å². The number of aliphatic imine (C=N–C) groups is 1. The molecule has 0 spiro atoms. The zero-order chi connectivity index (χ0) is 18.9. The van der Waals surface area contributed by atoms with Gasteiger partial charge in [-0.25, -0.2) is 4.39 Å². The highest BCUT2D eigenvalue weighted by molar-refractivity contribution is 5.92. The van der Waals surface area contributed by atoms with Gasteiger partial charge in [0.15, 0.2) is 17.5 Å². The van der Waals surface area contributed by atoms with Crippen LogP contribution in [0, 0.1) is 5.82 Å². The van der Waals surface area contributed by atoms with Crippen molar-refractivity contribution in [2.75, 3.05) is 44.6 Å². The second-order valence-electron chi connectivity index (χ2n) is 5.69. The average molecular weight is 360 g/mol. The number of ether oxygens (including phenoxy) is 2. The monoisotopic (exact) mass is 360 g/mol. The normalized spacial score (nSPS) is 11.2. The molecule has 3 N–H and O–H groups in total. The number of nitrogens with two attached hydrogens (primary N) is 1. The molecule has 0 atom stereocenters. The van der Waals surface area contributed by atoms with Gasteiger partial charge in [-0.05, 0) is 30.7 Å². The molecule has 0 saturated heterocycles. The summed E-state index contributed by atoms with van der Waals surface area (Å²) in [5.74, 6) is 1.33. The molecule has 0 bridgehead atoms. The van der Waals surface area contributed by atoms with Crippen LogP contribution in [0.5, 0.6) is 11.5 Å². The Labute approximate surface area is 153 Å². The van der Waals surface area contributed by atoms with Crippen molar-refractivity contribution in [1.29, 1.82) is 0 Å². The molecule has 2 aromatic carbocycles. The lowest BCUT2D eigenvalue weighted by Gasteiger charge is -2.19. The maximum atomic E-state index is 13.7. The van der Waals surface area contributed by atoms with Crippen LogP contribution in [-0.2, 0) is 0 Å². The van der Waals surface area contributed by atoms with Gasteiger partial charge in [0, 0.05) is 31.9 Å². The minimum atomic E-state index is -0.229. The molecule has 6 nitrogen and oxygen atoms in total. The molecular weight excluding hydrogens is 335 g/mol. The van der Waals surface area contributed by atoms with E-state index >= 15 is 0 Å². The first kappa shape index (κ1) is 19.4. The van der Waals surface area contributed by atoms with Crippen LogP contribution in [0.1, 0.15) is 6.42 Å². The first-order valence-corrected chi connectivity index (χ1v) is 8.29. The Morgan fingerprint density at radius 1 is 1.15 bits per heavy atom. The van der Waals surface area contributed by atoms with Gasteiger partial charge in [0.25, 0.3) is 0 Å². The van der Waals surface area contributed by atoms with E-state index in [1.165, 1.54) is 6.07 Å². The SMILES string of the molecule is COc1ccc(NC(N)=NCCCN(C)c2ccccc2F)cc1OC. The van der Waals surface area contributed by atoms with Crippen LogP contribution in [0.2, 0.25) is 0 Å². The zero-order valence-electron chi connectivity index (χ0n) is 15.3. The Bertz CT molecular complexity index is 752. The van der Waals surface area contributed by atoms with Crippen LogP contribution in [0.25, 0.3) is 0 Å². The summed E-state index contributed by atoms with van der Waals surface area (Å²) in [5.41, 5.74) is 7.25. The van der Waals surface area contributed by atoms with Crippen LogP contribution in [0.3, 0.4) is 0 Å². The van der Waals surface area contributed by atoms with E-state index in [1.54, 1.807) is 38.5 Å². The number of halogens is 1. The van der Waals surface area contributed by atoms with Crippen molar-refractivity contribution in [1.82, 2.24) is 0 Å². The molecule has 2 aromatic rings. The Kier molecular flexibility index (Phi) is 7.08. The highest BCUT2D eigenvalue weighted by Crippen LogP contribution is 2.29. The van der Waals surface area contributed by atoms with E-state index in [1.807, 2.05) is 24.1 Å². The first-order valence-electron chi connectivity index (χ1n) is 8.29. The molecule has 0 saturated carbocycles.